The second-order valence-electron chi connectivity index (χ2n) is 6.41. The number of benzene rings is 3. The van der Waals surface area contributed by atoms with Crippen molar-refractivity contribution in [3.8, 4) is 0 Å². The highest BCUT2D eigenvalue weighted by molar-refractivity contribution is 6.02. The average molecular weight is 248 g/mol. The second-order valence-corrected chi connectivity index (χ2v) is 6.41. The van der Waals surface area contributed by atoms with Gasteiger partial charge in [-0.25, -0.2) is 0 Å². The van der Waals surface area contributed by atoms with Crippen molar-refractivity contribution < 1.29 is 0 Å². The van der Waals surface area contributed by atoms with Gasteiger partial charge in [-0.05, 0) is 51.1 Å². The van der Waals surface area contributed by atoms with Gasteiger partial charge in [0.1, 0.15) is 0 Å². The Hall–Kier alpha value is -1.82. The smallest absolute Gasteiger partial charge is 0.0132 e. The van der Waals surface area contributed by atoms with Crippen LogP contribution in [0.25, 0.3) is 21.5 Å². The predicted octanol–water partition coefficient (Wildman–Crippen LogP) is 5.60. The molecule has 0 N–H and O–H groups in total. The Bertz CT molecular complexity index is 758. The van der Waals surface area contributed by atoms with Crippen molar-refractivity contribution in [2.24, 2.45) is 0 Å². The van der Waals surface area contributed by atoms with E-state index in [9.17, 15) is 0 Å². The zero-order valence-electron chi connectivity index (χ0n) is 12.1. The first-order chi connectivity index (χ1) is 8.97. The number of hydrogen-bond donors (Lipinski definition) is 0. The minimum Gasteiger partial charge on any atom is -0.0616 e. The highest BCUT2D eigenvalue weighted by Crippen LogP contribution is 2.31. The number of fused-ring (bicyclic) bond motifs is 2. The molecular weight excluding hydrogens is 228 g/mol. The van der Waals surface area contributed by atoms with Crippen LogP contribution in [0.15, 0.2) is 48.5 Å². The lowest BCUT2D eigenvalue weighted by Crippen LogP contribution is -2.10. The van der Waals surface area contributed by atoms with Gasteiger partial charge < -0.3 is 0 Å². The normalized spacial score (nSPS) is 12.2. The summed E-state index contributed by atoms with van der Waals surface area (Å²) in [6.07, 6.45) is 0. The third-order valence-electron chi connectivity index (χ3n) is 4.00. The van der Waals surface area contributed by atoms with E-state index in [4.69, 9.17) is 0 Å². The molecule has 0 radical (unpaired) electrons. The van der Waals surface area contributed by atoms with Crippen LogP contribution in [0.2, 0.25) is 0 Å². The Morgan fingerprint density at radius 3 is 2.16 bits per heavy atom. The van der Waals surface area contributed by atoms with Gasteiger partial charge in [-0.3, -0.25) is 0 Å². The molecule has 3 rings (SSSR count). The fraction of sp³-hybridized carbons (Fsp3) is 0.263. The first kappa shape index (κ1) is 12.2. The van der Waals surface area contributed by atoms with E-state index in [-0.39, 0.29) is 5.41 Å². The monoisotopic (exact) mass is 248 g/mol. The molecule has 0 spiro atoms. The lowest BCUT2D eigenvalue weighted by atomic mass is 9.85. The van der Waals surface area contributed by atoms with Gasteiger partial charge in [0.2, 0.25) is 0 Å². The van der Waals surface area contributed by atoms with E-state index in [2.05, 4.69) is 76.2 Å². The van der Waals surface area contributed by atoms with E-state index in [0.717, 1.165) is 0 Å². The van der Waals surface area contributed by atoms with E-state index >= 15 is 0 Å². The summed E-state index contributed by atoms with van der Waals surface area (Å²) in [7, 11) is 0. The van der Waals surface area contributed by atoms with E-state index in [1.807, 2.05) is 0 Å². The van der Waals surface area contributed by atoms with E-state index in [1.165, 1.54) is 32.7 Å². The fourth-order valence-corrected chi connectivity index (χ4v) is 2.77. The highest BCUT2D eigenvalue weighted by atomic mass is 14.2. The maximum absolute atomic E-state index is 2.34. The quantitative estimate of drug-likeness (QED) is 0.454. The topological polar surface area (TPSA) is 0 Å². The van der Waals surface area contributed by atoms with Crippen LogP contribution in [0.5, 0.6) is 0 Å². The first-order valence-electron chi connectivity index (χ1n) is 6.89. The minimum atomic E-state index is 0.202. The third kappa shape index (κ3) is 2.02. The number of hydrogen-bond acceptors (Lipinski definition) is 0. The van der Waals surface area contributed by atoms with Crippen molar-refractivity contribution in [2.75, 3.05) is 0 Å². The highest BCUT2D eigenvalue weighted by Gasteiger charge is 2.14. The molecule has 0 aliphatic carbocycles. The summed E-state index contributed by atoms with van der Waals surface area (Å²) in [5, 5.41) is 5.41. The summed E-state index contributed by atoms with van der Waals surface area (Å²) in [5.74, 6) is 0. The molecule has 0 aliphatic heterocycles. The Morgan fingerprint density at radius 2 is 1.42 bits per heavy atom. The molecule has 0 atom stereocenters. The molecule has 3 aromatic rings. The maximum Gasteiger partial charge on any atom is -0.0132 e. The molecule has 19 heavy (non-hydrogen) atoms. The number of rotatable bonds is 0. The second kappa shape index (κ2) is 4.09. The lowest BCUT2D eigenvalue weighted by Gasteiger charge is -2.20. The van der Waals surface area contributed by atoms with Crippen molar-refractivity contribution >= 4 is 21.5 Å². The van der Waals surface area contributed by atoms with E-state index < -0.39 is 0 Å². The van der Waals surface area contributed by atoms with Crippen LogP contribution >= 0.6 is 0 Å². The maximum atomic E-state index is 2.34. The van der Waals surface area contributed by atoms with Gasteiger partial charge in [-0.2, -0.15) is 0 Å². The molecule has 0 saturated heterocycles. The molecule has 0 nitrogen and oxygen atoms in total. The predicted molar refractivity (Wildman–Crippen MR) is 84.9 cm³/mol. The summed E-state index contributed by atoms with van der Waals surface area (Å²) < 4.78 is 0. The van der Waals surface area contributed by atoms with Crippen LogP contribution in [0.4, 0.5) is 0 Å². The molecule has 0 unspecified atom stereocenters. The van der Waals surface area contributed by atoms with Gasteiger partial charge >= 0.3 is 0 Å². The molecule has 0 saturated carbocycles. The molecule has 3 aromatic carbocycles. The van der Waals surface area contributed by atoms with Gasteiger partial charge in [0.15, 0.2) is 0 Å². The summed E-state index contributed by atoms with van der Waals surface area (Å²) in [5.41, 5.74) is 2.98. The van der Waals surface area contributed by atoms with Gasteiger partial charge in [0.25, 0.3) is 0 Å². The first-order valence-corrected chi connectivity index (χ1v) is 6.89. The minimum absolute atomic E-state index is 0.202. The molecule has 0 aromatic heterocycles. The molecule has 96 valence electrons. The van der Waals surface area contributed by atoms with Crippen LogP contribution in [0.3, 0.4) is 0 Å². The number of aryl methyl sites for hydroxylation is 1. The Balaban J connectivity index is 2.38. The van der Waals surface area contributed by atoms with Crippen LogP contribution in [0, 0.1) is 6.92 Å². The summed E-state index contributed by atoms with van der Waals surface area (Å²) in [6, 6.07) is 17.8. The Labute approximate surface area is 115 Å². The van der Waals surface area contributed by atoms with Crippen LogP contribution in [-0.4, -0.2) is 0 Å². The van der Waals surface area contributed by atoms with Crippen molar-refractivity contribution in [2.45, 2.75) is 33.1 Å². The molecule has 0 amide bonds. The summed E-state index contributed by atoms with van der Waals surface area (Å²) in [6.45, 7) is 9.02. The SMILES string of the molecule is Cc1c2ccccc2cc2cc(C(C)(C)C)ccc12. The van der Waals surface area contributed by atoms with Gasteiger partial charge in [0, 0.05) is 0 Å². The van der Waals surface area contributed by atoms with Crippen LogP contribution in [0.1, 0.15) is 31.9 Å². The van der Waals surface area contributed by atoms with Crippen LogP contribution in [-0.2, 0) is 5.41 Å². The molecular formula is C19H20. The van der Waals surface area contributed by atoms with Crippen molar-refractivity contribution in [1.29, 1.82) is 0 Å². The average Bonchev–Trinajstić information content (AvgIpc) is 2.37. The third-order valence-corrected chi connectivity index (χ3v) is 4.00. The molecule has 0 heteroatoms. The molecule has 0 fully saturated rings. The van der Waals surface area contributed by atoms with Crippen molar-refractivity contribution in [1.82, 2.24) is 0 Å². The van der Waals surface area contributed by atoms with Gasteiger partial charge in [0.05, 0.1) is 0 Å². The van der Waals surface area contributed by atoms with Gasteiger partial charge in [-0.15, -0.1) is 0 Å². The van der Waals surface area contributed by atoms with Crippen molar-refractivity contribution in [3.05, 3.63) is 59.7 Å². The lowest BCUT2D eigenvalue weighted by molar-refractivity contribution is 0.591. The largest absolute Gasteiger partial charge is 0.0616 e. The fourth-order valence-electron chi connectivity index (χ4n) is 2.77. The van der Waals surface area contributed by atoms with Crippen LogP contribution < -0.4 is 0 Å². The van der Waals surface area contributed by atoms with Crippen molar-refractivity contribution in [3.63, 3.8) is 0 Å². The zero-order chi connectivity index (χ0) is 13.6. The zero-order valence-corrected chi connectivity index (χ0v) is 12.1. The van der Waals surface area contributed by atoms with E-state index in [1.54, 1.807) is 0 Å². The summed E-state index contributed by atoms with van der Waals surface area (Å²) >= 11 is 0. The van der Waals surface area contributed by atoms with E-state index in [0.29, 0.717) is 0 Å². The Morgan fingerprint density at radius 1 is 0.737 bits per heavy atom. The molecule has 0 aliphatic rings. The molecule has 0 heterocycles. The Kier molecular flexibility index (Phi) is 2.63. The standard InChI is InChI=1S/C19H20/c1-13-17-8-6-5-7-14(17)11-15-12-16(19(2,3)4)9-10-18(13)15/h5-12H,1-4H3. The molecule has 0 bridgehead atoms. The van der Waals surface area contributed by atoms with Gasteiger partial charge in [-0.1, -0.05) is 63.2 Å². The summed E-state index contributed by atoms with van der Waals surface area (Å²) in [4.78, 5) is 0.